The number of phenols is 1. The van der Waals surface area contributed by atoms with Crippen LogP contribution in [0.2, 0.25) is 0 Å². The molecule has 35 heavy (non-hydrogen) atoms. The van der Waals surface area contributed by atoms with Gasteiger partial charge in [0, 0.05) is 19.5 Å². The number of likely N-dealkylation sites (tertiary alicyclic amines) is 1. The second-order valence-corrected chi connectivity index (χ2v) is 9.93. The predicted octanol–water partition coefficient (Wildman–Crippen LogP) is 0.758. The number of carbonyl (C=O) groups is 1. The number of imidazole rings is 1. The molecule has 11 nitrogen and oxygen atoms in total. The summed E-state index contributed by atoms with van der Waals surface area (Å²) in [4.78, 5) is 27.3. The topological polar surface area (TPSA) is 166 Å². The van der Waals surface area contributed by atoms with Crippen LogP contribution in [0.1, 0.15) is 37.8 Å². The lowest BCUT2D eigenvalue weighted by atomic mass is 9.75. The summed E-state index contributed by atoms with van der Waals surface area (Å²) in [5, 5.41) is 20.9. The van der Waals surface area contributed by atoms with Gasteiger partial charge in [-0.2, -0.15) is 0 Å². The summed E-state index contributed by atoms with van der Waals surface area (Å²) < 4.78 is 8.18. The number of aromatic hydroxyl groups is 1. The third-order valence-electron chi connectivity index (χ3n) is 7.36. The molecule has 2 saturated heterocycles. The number of rotatable bonds is 4. The van der Waals surface area contributed by atoms with Gasteiger partial charge in [0.05, 0.1) is 36.2 Å². The highest BCUT2D eigenvalue weighted by Gasteiger charge is 2.50. The smallest absolute Gasteiger partial charge is 0.239 e. The number of nitrogen functional groups attached to an aromatic ring is 1. The number of phenolic OH excluding ortho intramolecular Hbond substituents is 1. The molecule has 3 aromatic rings. The molecule has 2 aliphatic rings. The van der Waals surface area contributed by atoms with Crippen LogP contribution in [0.3, 0.4) is 0 Å². The molecule has 1 spiro atoms. The molecule has 186 valence electrons. The summed E-state index contributed by atoms with van der Waals surface area (Å²) >= 11 is 0. The lowest BCUT2D eigenvalue weighted by Gasteiger charge is -2.51. The SMILES string of the molecule is C[C@@]1(O)CC2(CCN(C(=O)[C@@H](N)Cc3ccc(O)cc3)CC2)OC[C@H]1n1cnc2c(N)ncnc21. The summed E-state index contributed by atoms with van der Waals surface area (Å²) in [5.74, 6) is 0.372. The van der Waals surface area contributed by atoms with Crippen LogP contribution in [-0.4, -0.2) is 77.5 Å². The van der Waals surface area contributed by atoms with Crippen molar-refractivity contribution in [3.63, 3.8) is 0 Å². The Kier molecular flexibility index (Phi) is 5.86. The second-order valence-electron chi connectivity index (χ2n) is 9.93. The Labute approximate surface area is 202 Å². The number of anilines is 1. The van der Waals surface area contributed by atoms with E-state index >= 15 is 0 Å². The molecule has 11 heteroatoms. The first-order chi connectivity index (χ1) is 16.7. The van der Waals surface area contributed by atoms with Crippen LogP contribution in [0.4, 0.5) is 5.82 Å². The van der Waals surface area contributed by atoms with Crippen LogP contribution in [-0.2, 0) is 16.0 Å². The molecule has 5 rings (SSSR count). The van der Waals surface area contributed by atoms with Crippen molar-refractivity contribution in [1.29, 1.82) is 0 Å². The Morgan fingerprint density at radius 1 is 1.23 bits per heavy atom. The van der Waals surface area contributed by atoms with E-state index < -0.39 is 17.2 Å². The number of ether oxygens (including phenoxy) is 1. The maximum atomic E-state index is 13.0. The Bertz CT molecular complexity index is 1220. The Hall–Kier alpha value is -3.28. The average molecular weight is 482 g/mol. The quantitative estimate of drug-likeness (QED) is 0.421. The number of aliphatic hydroxyl groups is 1. The first-order valence-electron chi connectivity index (χ1n) is 11.8. The van der Waals surface area contributed by atoms with Crippen molar-refractivity contribution in [3.8, 4) is 5.75 Å². The summed E-state index contributed by atoms with van der Waals surface area (Å²) in [5.41, 5.74) is 12.5. The zero-order valence-electron chi connectivity index (χ0n) is 19.7. The van der Waals surface area contributed by atoms with Gasteiger partial charge in [-0.15, -0.1) is 0 Å². The first kappa shape index (κ1) is 23.5. The number of fused-ring (bicyclic) bond motifs is 1. The van der Waals surface area contributed by atoms with Gasteiger partial charge in [-0.25, -0.2) is 15.0 Å². The third kappa shape index (κ3) is 4.42. The van der Waals surface area contributed by atoms with Crippen molar-refractivity contribution in [1.82, 2.24) is 24.4 Å². The van der Waals surface area contributed by atoms with Gasteiger partial charge < -0.3 is 35.9 Å². The average Bonchev–Trinajstić information content (AvgIpc) is 3.25. The third-order valence-corrected chi connectivity index (χ3v) is 7.36. The number of carbonyl (C=O) groups excluding carboxylic acids is 1. The van der Waals surface area contributed by atoms with Crippen molar-refractivity contribution in [2.45, 2.75) is 55.9 Å². The van der Waals surface area contributed by atoms with Gasteiger partial charge in [0.2, 0.25) is 5.91 Å². The van der Waals surface area contributed by atoms with Crippen LogP contribution in [0, 0.1) is 0 Å². The van der Waals surface area contributed by atoms with Crippen molar-refractivity contribution in [2.75, 3.05) is 25.4 Å². The number of nitrogens with two attached hydrogens (primary N) is 2. The summed E-state index contributed by atoms with van der Waals surface area (Å²) in [6, 6.07) is 5.68. The molecule has 1 amide bonds. The highest BCUT2D eigenvalue weighted by Crippen LogP contribution is 2.44. The van der Waals surface area contributed by atoms with Gasteiger partial charge in [0.25, 0.3) is 0 Å². The molecule has 3 atom stereocenters. The van der Waals surface area contributed by atoms with Crippen molar-refractivity contribution < 1.29 is 19.7 Å². The van der Waals surface area contributed by atoms with E-state index in [2.05, 4.69) is 15.0 Å². The van der Waals surface area contributed by atoms with E-state index in [1.807, 2.05) is 6.92 Å². The predicted molar refractivity (Wildman–Crippen MR) is 128 cm³/mol. The van der Waals surface area contributed by atoms with E-state index in [0.717, 1.165) is 5.56 Å². The summed E-state index contributed by atoms with van der Waals surface area (Å²) in [7, 11) is 0. The van der Waals surface area contributed by atoms with Crippen molar-refractivity contribution in [3.05, 3.63) is 42.5 Å². The van der Waals surface area contributed by atoms with E-state index in [9.17, 15) is 15.0 Å². The molecule has 2 aromatic heterocycles. The van der Waals surface area contributed by atoms with Crippen LogP contribution in [0.5, 0.6) is 5.75 Å². The molecule has 0 bridgehead atoms. The fourth-order valence-electron chi connectivity index (χ4n) is 5.40. The van der Waals surface area contributed by atoms with E-state index in [0.29, 0.717) is 55.8 Å². The van der Waals surface area contributed by atoms with Gasteiger partial charge in [-0.3, -0.25) is 4.79 Å². The molecular formula is C24H31N7O4. The van der Waals surface area contributed by atoms with Gasteiger partial charge in [0.1, 0.15) is 17.6 Å². The van der Waals surface area contributed by atoms with Crippen LogP contribution < -0.4 is 11.5 Å². The normalized spacial score (nSPS) is 25.1. The van der Waals surface area contributed by atoms with Gasteiger partial charge >= 0.3 is 0 Å². The first-order valence-corrected chi connectivity index (χ1v) is 11.8. The van der Waals surface area contributed by atoms with Gasteiger partial charge in [0.15, 0.2) is 11.5 Å². The Morgan fingerprint density at radius 2 is 1.94 bits per heavy atom. The maximum Gasteiger partial charge on any atom is 0.239 e. The minimum absolute atomic E-state index is 0.101. The fourth-order valence-corrected chi connectivity index (χ4v) is 5.40. The molecule has 6 N–H and O–H groups in total. The lowest BCUT2D eigenvalue weighted by molar-refractivity contribution is -0.197. The zero-order chi connectivity index (χ0) is 24.8. The Balaban J connectivity index is 1.23. The molecule has 0 aliphatic carbocycles. The van der Waals surface area contributed by atoms with E-state index in [-0.39, 0.29) is 24.3 Å². The zero-order valence-corrected chi connectivity index (χ0v) is 19.7. The number of hydrogen-bond donors (Lipinski definition) is 4. The standard InChI is InChI=1S/C24H31N7O4/c1-23(34)12-24(35-11-18(23)31-14-29-19-20(26)27-13-28-21(19)31)6-8-30(9-7-24)22(33)17(25)10-15-2-4-16(32)5-3-15/h2-5,13-14,17-18,32,34H,6-12,25H2,1H3,(H2,26,27,28)/t17-,18+,23+/m0/s1. The largest absolute Gasteiger partial charge is 0.508 e. The molecule has 0 radical (unpaired) electrons. The number of amides is 1. The van der Waals surface area contributed by atoms with Gasteiger partial charge in [-0.05, 0) is 43.9 Å². The number of benzene rings is 1. The Morgan fingerprint density at radius 3 is 2.63 bits per heavy atom. The number of hydrogen-bond acceptors (Lipinski definition) is 9. The minimum Gasteiger partial charge on any atom is -0.508 e. The van der Waals surface area contributed by atoms with Crippen LogP contribution in [0.15, 0.2) is 36.9 Å². The fraction of sp³-hybridized carbons (Fsp3) is 0.500. The highest BCUT2D eigenvalue weighted by molar-refractivity contribution is 5.82. The molecule has 0 saturated carbocycles. The summed E-state index contributed by atoms with van der Waals surface area (Å²) in [6.45, 7) is 3.13. The van der Waals surface area contributed by atoms with Crippen LogP contribution >= 0.6 is 0 Å². The monoisotopic (exact) mass is 481 g/mol. The number of piperidine rings is 1. The maximum absolute atomic E-state index is 13.0. The lowest BCUT2D eigenvalue weighted by Crippen LogP contribution is -2.59. The molecule has 4 heterocycles. The molecular weight excluding hydrogens is 450 g/mol. The van der Waals surface area contributed by atoms with E-state index in [4.69, 9.17) is 16.2 Å². The van der Waals surface area contributed by atoms with Crippen molar-refractivity contribution >= 4 is 22.9 Å². The van der Waals surface area contributed by atoms with E-state index in [1.165, 1.54) is 6.33 Å². The van der Waals surface area contributed by atoms with Crippen LogP contribution in [0.25, 0.3) is 11.2 Å². The van der Waals surface area contributed by atoms with E-state index in [1.54, 1.807) is 40.1 Å². The van der Waals surface area contributed by atoms with Crippen molar-refractivity contribution in [2.24, 2.45) is 5.73 Å². The number of aromatic nitrogens is 4. The molecule has 1 aromatic carbocycles. The molecule has 2 aliphatic heterocycles. The van der Waals surface area contributed by atoms with Gasteiger partial charge in [-0.1, -0.05) is 12.1 Å². The molecule has 2 fully saturated rings. The summed E-state index contributed by atoms with van der Waals surface area (Å²) in [6.07, 6.45) is 5.07. The number of nitrogens with zero attached hydrogens (tertiary/aromatic N) is 5. The second kappa shape index (κ2) is 8.74. The molecule has 0 unspecified atom stereocenters. The minimum atomic E-state index is -1.08. The highest BCUT2D eigenvalue weighted by atomic mass is 16.5.